The summed E-state index contributed by atoms with van der Waals surface area (Å²) in [6.07, 6.45) is 1.48. The highest BCUT2D eigenvalue weighted by Gasteiger charge is 2.11. The van der Waals surface area contributed by atoms with Crippen molar-refractivity contribution in [2.45, 2.75) is 6.61 Å². The maximum Gasteiger partial charge on any atom is 0.347 e. The van der Waals surface area contributed by atoms with E-state index in [1.54, 1.807) is 55.6 Å². The molecule has 2 aromatic carbocycles. The van der Waals surface area contributed by atoms with Gasteiger partial charge < -0.3 is 18.8 Å². The molecular weight excluding hydrogens is 386 g/mol. The van der Waals surface area contributed by atoms with Gasteiger partial charge in [-0.05, 0) is 54.1 Å². The summed E-state index contributed by atoms with van der Waals surface area (Å²) < 4.78 is 15.1. The molecule has 1 aromatic heterocycles. The van der Waals surface area contributed by atoms with Crippen LogP contribution >= 0.6 is 11.6 Å². The molecule has 0 amide bonds. The molecule has 0 aliphatic rings. The van der Waals surface area contributed by atoms with E-state index >= 15 is 0 Å². The van der Waals surface area contributed by atoms with Crippen molar-refractivity contribution in [1.82, 2.24) is 10.1 Å². The number of nitrogens with zero attached hydrogens (tertiary/aromatic N) is 3. The second-order valence-corrected chi connectivity index (χ2v) is 5.90. The Labute approximate surface area is 165 Å². The largest absolute Gasteiger partial charge is 0.497 e. The summed E-state index contributed by atoms with van der Waals surface area (Å²) in [6.45, 7) is -0.504. The summed E-state index contributed by atoms with van der Waals surface area (Å²) in [4.78, 5) is 20.8. The summed E-state index contributed by atoms with van der Waals surface area (Å²) in [5, 5.41) is 8.15. The number of methoxy groups -OCH3 is 1. The molecule has 0 spiro atoms. The van der Waals surface area contributed by atoms with E-state index in [2.05, 4.69) is 15.3 Å². The third kappa shape index (κ3) is 5.55. The number of oxime groups is 1. The molecule has 1 heterocycles. The molecule has 0 unspecified atom stereocenters. The van der Waals surface area contributed by atoms with E-state index in [1.807, 2.05) is 0 Å². The average Bonchev–Trinajstić information content (AvgIpc) is 3.20. The van der Waals surface area contributed by atoms with Crippen LogP contribution in [0.2, 0.25) is 5.02 Å². The van der Waals surface area contributed by atoms with Crippen molar-refractivity contribution in [3.05, 3.63) is 65.0 Å². The zero-order chi connectivity index (χ0) is 19.8. The van der Waals surface area contributed by atoms with Crippen molar-refractivity contribution >= 4 is 23.8 Å². The fraction of sp³-hybridized carbons (Fsp3) is 0.158. The predicted molar refractivity (Wildman–Crippen MR) is 101 cm³/mol. The van der Waals surface area contributed by atoms with E-state index in [0.29, 0.717) is 10.8 Å². The van der Waals surface area contributed by atoms with Gasteiger partial charge in [0, 0.05) is 10.6 Å². The highest BCUT2D eigenvalue weighted by molar-refractivity contribution is 6.30. The Morgan fingerprint density at radius 2 is 1.93 bits per heavy atom. The summed E-state index contributed by atoms with van der Waals surface area (Å²) in [5.74, 6) is 0.670. The zero-order valence-corrected chi connectivity index (χ0v) is 15.6. The van der Waals surface area contributed by atoms with Gasteiger partial charge in [0.1, 0.15) is 5.75 Å². The Morgan fingerprint density at radius 1 is 1.18 bits per heavy atom. The molecule has 3 rings (SSSR count). The van der Waals surface area contributed by atoms with E-state index in [4.69, 9.17) is 30.4 Å². The number of carbonyl (C=O) groups is 1. The molecule has 0 atom stereocenters. The van der Waals surface area contributed by atoms with E-state index in [0.717, 1.165) is 16.9 Å². The lowest BCUT2D eigenvalue weighted by molar-refractivity contribution is -0.151. The van der Waals surface area contributed by atoms with Gasteiger partial charge in [-0.2, -0.15) is 4.98 Å². The number of hydrogen-bond acceptors (Lipinski definition) is 8. The molecule has 9 heteroatoms. The first-order chi connectivity index (χ1) is 13.6. The first-order valence-electron chi connectivity index (χ1n) is 8.17. The minimum absolute atomic E-state index is 0.162. The average molecular weight is 402 g/mol. The molecule has 0 fully saturated rings. The Kier molecular flexibility index (Phi) is 6.59. The van der Waals surface area contributed by atoms with Gasteiger partial charge >= 0.3 is 5.97 Å². The molecule has 28 heavy (non-hydrogen) atoms. The fourth-order valence-electron chi connectivity index (χ4n) is 2.09. The minimum Gasteiger partial charge on any atom is -0.497 e. The second kappa shape index (κ2) is 9.52. The Bertz CT molecular complexity index is 939. The van der Waals surface area contributed by atoms with Gasteiger partial charge in [-0.3, -0.25) is 0 Å². The highest BCUT2D eigenvalue weighted by Crippen LogP contribution is 2.18. The topological polar surface area (TPSA) is 96.0 Å². The monoisotopic (exact) mass is 401 g/mol. The number of ether oxygens (including phenoxy) is 2. The molecule has 144 valence electrons. The van der Waals surface area contributed by atoms with Gasteiger partial charge in [-0.1, -0.05) is 21.9 Å². The van der Waals surface area contributed by atoms with Crippen molar-refractivity contribution in [3.8, 4) is 17.1 Å². The molecule has 0 saturated carbocycles. The van der Waals surface area contributed by atoms with Crippen LogP contribution < -0.4 is 4.74 Å². The molecule has 0 bridgehead atoms. The zero-order valence-electron chi connectivity index (χ0n) is 14.9. The van der Waals surface area contributed by atoms with Crippen LogP contribution in [0.5, 0.6) is 5.75 Å². The predicted octanol–water partition coefficient (Wildman–Crippen LogP) is 3.49. The highest BCUT2D eigenvalue weighted by atomic mass is 35.5. The van der Waals surface area contributed by atoms with Gasteiger partial charge in [0.25, 0.3) is 5.89 Å². The van der Waals surface area contributed by atoms with E-state index in [9.17, 15) is 4.79 Å². The lowest BCUT2D eigenvalue weighted by Crippen LogP contribution is -2.11. The third-order valence-electron chi connectivity index (χ3n) is 3.50. The number of halogens is 1. The van der Waals surface area contributed by atoms with Crippen LogP contribution in [0.25, 0.3) is 11.4 Å². The summed E-state index contributed by atoms with van der Waals surface area (Å²) in [5.41, 5.74) is 1.54. The van der Waals surface area contributed by atoms with Crippen molar-refractivity contribution < 1.29 is 23.6 Å². The molecule has 0 aliphatic carbocycles. The quantitative estimate of drug-likeness (QED) is 0.324. The molecule has 0 radical (unpaired) electrons. The normalized spacial score (nSPS) is 10.8. The molecule has 0 N–H and O–H groups in total. The Hall–Kier alpha value is -3.39. The summed E-state index contributed by atoms with van der Waals surface area (Å²) >= 11 is 5.84. The van der Waals surface area contributed by atoms with Crippen LogP contribution in [0.4, 0.5) is 0 Å². The lowest BCUT2D eigenvalue weighted by atomic mass is 10.2. The first kappa shape index (κ1) is 19.4. The number of rotatable bonds is 8. The van der Waals surface area contributed by atoms with E-state index in [1.165, 1.54) is 6.21 Å². The van der Waals surface area contributed by atoms with Crippen LogP contribution in [0.1, 0.15) is 11.5 Å². The van der Waals surface area contributed by atoms with Gasteiger partial charge in [0.15, 0.2) is 6.61 Å². The SMILES string of the molecule is COc1ccc(/C=N\OCC(=O)OCc2nc(-c3ccc(Cl)cc3)no2)cc1. The van der Waals surface area contributed by atoms with Crippen LogP contribution in [-0.2, 0) is 21.0 Å². The molecule has 3 aromatic rings. The van der Waals surface area contributed by atoms with Crippen LogP contribution in [0, 0.1) is 0 Å². The lowest BCUT2D eigenvalue weighted by Gasteiger charge is -2.01. The number of esters is 1. The van der Waals surface area contributed by atoms with Gasteiger partial charge in [0.05, 0.1) is 13.3 Å². The Morgan fingerprint density at radius 3 is 2.64 bits per heavy atom. The third-order valence-corrected chi connectivity index (χ3v) is 3.75. The second-order valence-electron chi connectivity index (χ2n) is 5.46. The van der Waals surface area contributed by atoms with Gasteiger partial charge in [-0.25, -0.2) is 4.79 Å². The molecule has 0 aliphatic heterocycles. The van der Waals surface area contributed by atoms with Crippen LogP contribution in [-0.4, -0.2) is 36.0 Å². The van der Waals surface area contributed by atoms with E-state index in [-0.39, 0.29) is 19.1 Å². The maximum atomic E-state index is 11.7. The first-order valence-corrected chi connectivity index (χ1v) is 8.55. The van der Waals surface area contributed by atoms with E-state index < -0.39 is 5.97 Å². The smallest absolute Gasteiger partial charge is 0.347 e. The van der Waals surface area contributed by atoms with Crippen LogP contribution in [0.3, 0.4) is 0 Å². The Balaban J connectivity index is 1.41. The molecule has 0 saturated heterocycles. The number of hydrogen-bond donors (Lipinski definition) is 0. The van der Waals surface area contributed by atoms with Crippen molar-refractivity contribution in [3.63, 3.8) is 0 Å². The maximum absolute atomic E-state index is 11.7. The molecular formula is C19H16ClN3O5. The van der Waals surface area contributed by atoms with Crippen molar-refractivity contribution in [2.24, 2.45) is 5.16 Å². The summed E-state index contributed by atoms with van der Waals surface area (Å²) in [6, 6.07) is 14.1. The standard InChI is InChI=1S/C19H16ClN3O5/c1-25-16-8-2-13(3-9-16)10-21-27-12-18(24)26-11-17-22-19(23-28-17)14-4-6-15(20)7-5-14/h2-10H,11-12H2,1H3/b21-10-. The van der Waals surface area contributed by atoms with Gasteiger partial charge in [0.2, 0.25) is 12.4 Å². The fourth-order valence-corrected chi connectivity index (χ4v) is 2.22. The van der Waals surface area contributed by atoms with Crippen molar-refractivity contribution in [2.75, 3.05) is 13.7 Å². The molecule has 8 nitrogen and oxygen atoms in total. The van der Waals surface area contributed by atoms with Crippen molar-refractivity contribution in [1.29, 1.82) is 0 Å². The number of aromatic nitrogens is 2. The summed E-state index contributed by atoms with van der Waals surface area (Å²) in [7, 11) is 1.59. The number of benzene rings is 2. The van der Waals surface area contributed by atoms with Crippen LogP contribution in [0.15, 0.2) is 58.2 Å². The minimum atomic E-state index is -0.613. The number of carbonyl (C=O) groups excluding carboxylic acids is 1. The van der Waals surface area contributed by atoms with Gasteiger partial charge in [-0.15, -0.1) is 0 Å².